The van der Waals surface area contributed by atoms with Crippen LogP contribution in [0.2, 0.25) is 0 Å². The van der Waals surface area contributed by atoms with Crippen molar-refractivity contribution < 1.29 is 29.6 Å². The number of carbonyl (C=O) groups is 2. The van der Waals surface area contributed by atoms with Gasteiger partial charge < -0.3 is 25.4 Å². The lowest BCUT2D eigenvalue weighted by Gasteiger charge is -2.23. The van der Waals surface area contributed by atoms with Crippen LogP contribution in [-0.2, 0) is 9.59 Å². The van der Waals surface area contributed by atoms with E-state index in [2.05, 4.69) is 17.1 Å². The Labute approximate surface area is 159 Å². The molecule has 0 spiro atoms. The Bertz CT molecular complexity index is 583. The average molecular weight is 382 g/mol. The summed E-state index contributed by atoms with van der Waals surface area (Å²) >= 11 is 0. The molecule has 27 heavy (non-hydrogen) atoms. The molecule has 1 fully saturated rings. The summed E-state index contributed by atoms with van der Waals surface area (Å²) < 4.78 is 5.61. The molecule has 1 heterocycles. The summed E-state index contributed by atoms with van der Waals surface area (Å²) in [4.78, 5) is 20.7. The first-order chi connectivity index (χ1) is 12.8. The maximum atomic E-state index is 9.98. The molecule has 0 aliphatic carbocycles. The van der Waals surface area contributed by atoms with Crippen molar-refractivity contribution in [1.82, 2.24) is 10.2 Å². The average Bonchev–Trinajstić information content (AvgIpc) is 3.08. The number of aliphatic hydroxyl groups excluding tert-OH is 1. The minimum absolute atomic E-state index is 0.332. The van der Waals surface area contributed by atoms with Gasteiger partial charge >= 0.3 is 11.9 Å². The minimum atomic E-state index is -1.82. The van der Waals surface area contributed by atoms with E-state index in [1.165, 1.54) is 24.9 Å². The van der Waals surface area contributed by atoms with Crippen molar-refractivity contribution in [2.45, 2.75) is 38.8 Å². The molecular weight excluding hydrogens is 352 g/mol. The standard InChI is InChI=1S/C17H28N2O2.C2H2O4/c1-3-19-9-5-7-15(19)11-18-12-16(20)13-21-17-8-4-6-14(2)10-17;3-1(4)2(5)6/h4,6,8,10,15-16,18,20H,3,5,7,9,11-13H2,1-2H3;(H,3,4)(H,5,6). The fourth-order valence-electron chi connectivity index (χ4n) is 2.92. The van der Waals surface area contributed by atoms with Crippen LogP contribution in [0.4, 0.5) is 0 Å². The summed E-state index contributed by atoms with van der Waals surface area (Å²) in [6.07, 6.45) is 2.08. The van der Waals surface area contributed by atoms with Gasteiger partial charge in [-0.2, -0.15) is 0 Å². The molecule has 8 nitrogen and oxygen atoms in total. The Morgan fingerprint density at radius 1 is 1.33 bits per heavy atom. The van der Waals surface area contributed by atoms with Gasteiger partial charge in [0.2, 0.25) is 0 Å². The number of hydrogen-bond acceptors (Lipinski definition) is 6. The largest absolute Gasteiger partial charge is 0.491 e. The van der Waals surface area contributed by atoms with Gasteiger partial charge in [0.25, 0.3) is 0 Å². The first-order valence-corrected chi connectivity index (χ1v) is 9.12. The highest BCUT2D eigenvalue weighted by Crippen LogP contribution is 2.15. The highest BCUT2D eigenvalue weighted by molar-refractivity contribution is 6.27. The second-order valence-corrected chi connectivity index (χ2v) is 6.47. The number of aliphatic hydroxyl groups is 1. The van der Waals surface area contributed by atoms with Gasteiger partial charge in [0.1, 0.15) is 18.5 Å². The zero-order chi connectivity index (χ0) is 20.2. The van der Waals surface area contributed by atoms with Crippen LogP contribution in [0.3, 0.4) is 0 Å². The molecule has 1 aliphatic heterocycles. The van der Waals surface area contributed by atoms with E-state index in [1.54, 1.807) is 0 Å². The van der Waals surface area contributed by atoms with E-state index in [0.717, 1.165) is 18.8 Å². The fourth-order valence-corrected chi connectivity index (χ4v) is 2.92. The Balaban J connectivity index is 0.000000527. The van der Waals surface area contributed by atoms with Crippen molar-refractivity contribution in [2.75, 3.05) is 32.8 Å². The summed E-state index contributed by atoms with van der Waals surface area (Å²) in [6, 6.07) is 8.53. The van der Waals surface area contributed by atoms with E-state index in [9.17, 15) is 5.11 Å². The maximum Gasteiger partial charge on any atom is 0.414 e. The topological polar surface area (TPSA) is 119 Å². The first-order valence-electron chi connectivity index (χ1n) is 9.12. The molecule has 152 valence electrons. The van der Waals surface area contributed by atoms with Gasteiger partial charge in [0.05, 0.1) is 0 Å². The lowest BCUT2D eigenvalue weighted by atomic mass is 10.2. The summed E-state index contributed by atoms with van der Waals surface area (Å²) in [5.74, 6) is -2.83. The zero-order valence-electron chi connectivity index (χ0n) is 15.9. The van der Waals surface area contributed by atoms with Gasteiger partial charge in [-0.1, -0.05) is 19.1 Å². The highest BCUT2D eigenvalue weighted by Gasteiger charge is 2.22. The lowest BCUT2D eigenvalue weighted by Crippen LogP contribution is -2.41. The van der Waals surface area contributed by atoms with Crippen molar-refractivity contribution in [2.24, 2.45) is 0 Å². The summed E-state index contributed by atoms with van der Waals surface area (Å²) in [6.45, 7) is 8.44. The van der Waals surface area contributed by atoms with E-state index >= 15 is 0 Å². The quantitative estimate of drug-likeness (QED) is 0.491. The molecule has 2 unspecified atom stereocenters. The van der Waals surface area contributed by atoms with Gasteiger partial charge in [0.15, 0.2) is 0 Å². The third-order valence-electron chi connectivity index (χ3n) is 4.28. The number of carboxylic acids is 2. The van der Waals surface area contributed by atoms with E-state index < -0.39 is 18.0 Å². The number of hydrogen-bond donors (Lipinski definition) is 4. The molecule has 8 heteroatoms. The number of aryl methyl sites for hydroxylation is 1. The second kappa shape index (κ2) is 12.3. The molecule has 0 aromatic heterocycles. The normalized spacial score (nSPS) is 17.7. The van der Waals surface area contributed by atoms with Gasteiger partial charge in [-0.05, 0) is 50.6 Å². The number of likely N-dealkylation sites (tertiary alicyclic amines) is 1. The maximum absolute atomic E-state index is 9.98. The van der Waals surface area contributed by atoms with Crippen LogP contribution < -0.4 is 10.1 Å². The summed E-state index contributed by atoms with van der Waals surface area (Å²) in [5, 5.41) is 28.1. The fraction of sp³-hybridized carbons (Fsp3) is 0.579. The molecule has 1 aliphatic rings. The lowest BCUT2D eigenvalue weighted by molar-refractivity contribution is -0.159. The molecule has 1 aromatic rings. The van der Waals surface area contributed by atoms with Crippen molar-refractivity contribution in [3.05, 3.63) is 29.8 Å². The number of aliphatic carboxylic acids is 2. The number of nitrogens with one attached hydrogen (secondary N) is 1. The molecule has 1 saturated heterocycles. The SMILES string of the molecule is CCN1CCCC1CNCC(O)COc1cccc(C)c1.O=C(O)C(=O)O. The number of nitrogens with zero attached hydrogens (tertiary/aromatic N) is 1. The predicted octanol–water partition coefficient (Wildman–Crippen LogP) is 0.964. The second-order valence-electron chi connectivity index (χ2n) is 6.47. The van der Waals surface area contributed by atoms with Gasteiger partial charge in [-0.3, -0.25) is 4.90 Å². The predicted molar refractivity (Wildman–Crippen MR) is 101 cm³/mol. The van der Waals surface area contributed by atoms with Crippen LogP contribution in [0.25, 0.3) is 0 Å². The third-order valence-corrected chi connectivity index (χ3v) is 4.28. The molecule has 0 amide bonds. The Kier molecular flexibility index (Phi) is 10.4. The van der Waals surface area contributed by atoms with Gasteiger partial charge in [-0.15, -0.1) is 0 Å². The number of likely N-dealkylation sites (N-methyl/N-ethyl adjacent to an activating group) is 1. The van der Waals surface area contributed by atoms with Crippen molar-refractivity contribution in [3.8, 4) is 5.75 Å². The Morgan fingerprint density at radius 3 is 2.63 bits per heavy atom. The van der Waals surface area contributed by atoms with Crippen LogP contribution in [0.15, 0.2) is 24.3 Å². The number of benzene rings is 1. The Hall–Kier alpha value is -2.16. The molecule has 2 rings (SSSR count). The zero-order valence-corrected chi connectivity index (χ0v) is 15.9. The van der Waals surface area contributed by atoms with Crippen LogP contribution >= 0.6 is 0 Å². The first kappa shape index (κ1) is 22.9. The van der Waals surface area contributed by atoms with Crippen LogP contribution in [0.1, 0.15) is 25.3 Å². The summed E-state index contributed by atoms with van der Waals surface area (Å²) in [5.41, 5.74) is 1.17. The molecule has 1 aromatic carbocycles. The molecular formula is C19H30N2O6. The molecule has 2 atom stereocenters. The van der Waals surface area contributed by atoms with E-state index in [0.29, 0.717) is 19.2 Å². The van der Waals surface area contributed by atoms with Crippen molar-refractivity contribution >= 4 is 11.9 Å². The summed E-state index contributed by atoms with van der Waals surface area (Å²) in [7, 11) is 0. The number of carboxylic acid groups (broad SMARTS) is 2. The monoisotopic (exact) mass is 382 g/mol. The molecule has 0 saturated carbocycles. The van der Waals surface area contributed by atoms with Crippen LogP contribution in [0.5, 0.6) is 5.75 Å². The number of rotatable bonds is 8. The molecule has 4 N–H and O–H groups in total. The van der Waals surface area contributed by atoms with E-state index in [4.69, 9.17) is 24.5 Å². The molecule has 0 radical (unpaired) electrons. The van der Waals surface area contributed by atoms with Crippen molar-refractivity contribution in [3.63, 3.8) is 0 Å². The smallest absolute Gasteiger partial charge is 0.414 e. The number of ether oxygens (including phenoxy) is 1. The molecule has 0 bridgehead atoms. The highest BCUT2D eigenvalue weighted by atomic mass is 16.5. The van der Waals surface area contributed by atoms with E-state index in [-0.39, 0.29) is 0 Å². The van der Waals surface area contributed by atoms with Crippen LogP contribution in [-0.4, -0.2) is 77.1 Å². The van der Waals surface area contributed by atoms with E-state index in [1.807, 2.05) is 31.2 Å². The van der Waals surface area contributed by atoms with Gasteiger partial charge in [-0.25, -0.2) is 9.59 Å². The third kappa shape index (κ3) is 9.37. The minimum Gasteiger partial charge on any atom is -0.491 e. The van der Waals surface area contributed by atoms with Crippen molar-refractivity contribution in [1.29, 1.82) is 0 Å². The Morgan fingerprint density at radius 2 is 2.04 bits per heavy atom. The van der Waals surface area contributed by atoms with Crippen LogP contribution in [0, 0.1) is 6.92 Å². The van der Waals surface area contributed by atoms with Gasteiger partial charge in [0, 0.05) is 19.1 Å².